The molecule has 0 radical (unpaired) electrons. The van der Waals surface area contributed by atoms with Gasteiger partial charge in [0.1, 0.15) is 23.6 Å². The number of methoxy groups -OCH3 is 1. The first-order chi connectivity index (χ1) is 15.4. The molecule has 0 aliphatic heterocycles. The average Bonchev–Trinajstić information content (AvgIpc) is 2.79. The molecular formula is C24H24ClFN2O3S. The van der Waals surface area contributed by atoms with Crippen molar-refractivity contribution < 1.29 is 18.7 Å². The van der Waals surface area contributed by atoms with E-state index in [1.807, 2.05) is 35.5 Å². The van der Waals surface area contributed by atoms with E-state index in [2.05, 4.69) is 4.98 Å². The summed E-state index contributed by atoms with van der Waals surface area (Å²) in [5, 5.41) is 1.30. The maximum atomic E-state index is 14.1. The second-order valence-electron chi connectivity index (χ2n) is 7.15. The van der Waals surface area contributed by atoms with Crippen molar-refractivity contribution in [2.75, 3.05) is 18.0 Å². The number of alkyl halides is 1. The zero-order valence-corrected chi connectivity index (χ0v) is 19.6. The lowest BCUT2D eigenvalue weighted by atomic mass is 10.1. The van der Waals surface area contributed by atoms with Gasteiger partial charge in [-0.05, 0) is 55.3 Å². The van der Waals surface area contributed by atoms with Gasteiger partial charge in [0.25, 0.3) is 0 Å². The van der Waals surface area contributed by atoms with Crippen LogP contribution in [0.4, 0.5) is 10.1 Å². The van der Waals surface area contributed by atoms with Gasteiger partial charge in [-0.3, -0.25) is 0 Å². The Balaban J connectivity index is 1.86. The molecule has 0 saturated heterocycles. The standard InChI is InChI=1S/C24H24ClFN2O3S/c1-16-12-21(28(14-17(2)26)32-23-6-4-5-11-27-23)22(13-20(16)25)31-15-18-7-9-19(10-8-18)24(29)30-3/h4-13,17H,14-15H2,1-3H3. The van der Waals surface area contributed by atoms with Crippen LogP contribution in [0.25, 0.3) is 0 Å². The van der Waals surface area contributed by atoms with E-state index in [-0.39, 0.29) is 13.2 Å². The Kier molecular flexibility index (Phi) is 8.36. The van der Waals surface area contributed by atoms with Gasteiger partial charge in [0.05, 0.1) is 24.9 Å². The van der Waals surface area contributed by atoms with E-state index >= 15 is 0 Å². The van der Waals surface area contributed by atoms with Crippen LogP contribution in [0, 0.1) is 6.92 Å². The number of hydrogen-bond acceptors (Lipinski definition) is 6. The highest BCUT2D eigenvalue weighted by Gasteiger charge is 2.19. The molecule has 168 valence electrons. The normalized spacial score (nSPS) is 11.7. The molecule has 0 fully saturated rings. The molecule has 32 heavy (non-hydrogen) atoms. The average molecular weight is 475 g/mol. The van der Waals surface area contributed by atoms with Gasteiger partial charge in [-0.2, -0.15) is 0 Å². The summed E-state index contributed by atoms with van der Waals surface area (Å²) in [6.07, 6.45) is 0.628. The van der Waals surface area contributed by atoms with Gasteiger partial charge in [-0.15, -0.1) is 0 Å². The van der Waals surface area contributed by atoms with Gasteiger partial charge in [0.2, 0.25) is 0 Å². The first kappa shape index (κ1) is 23.9. The SMILES string of the molecule is COC(=O)c1ccc(COc2cc(Cl)c(C)cc2N(CC(C)F)Sc2ccccn2)cc1. The minimum atomic E-state index is -1.07. The molecule has 1 unspecified atom stereocenters. The van der Waals surface area contributed by atoms with Crippen molar-refractivity contribution in [3.05, 3.63) is 82.5 Å². The number of esters is 1. The number of pyridine rings is 1. The molecule has 0 N–H and O–H groups in total. The van der Waals surface area contributed by atoms with Crippen molar-refractivity contribution in [2.24, 2.45) is 0 Å². The first-order valence-electron chi connectivity index (χ1n) is 9.98. The molecule has 0 aliphatic carbocycles. The minimum Gasteiger partial charge on any atom is -0.487 e. The number of aromatic nitrogens is 1. The van der Waals surface area contributed by atoms with Gasteiger partial charge >= 0.3 is 5.97 Å². The number of nitrogens with zero attached hydrogens (tertiary/aromatic N) is 2. The van der Waals surface area contributed by atoms with Crippen LogP contribution < -0.4 is 9.04 Å². The molecule has 0 aliphatic rings. The molecule has 0 saturated carbocycles. The number of ether oxygens (including phenoxy) is 2. The zero-order chi connectivity index (χ0) is 23.1. The predicted molar refractivity (Wildman–Crippen MR) is 126 cm³/mol. The molecule has 1 atom stereocenters. The minimum absolute atomic E-state index is 0.145. The van der Waals surface area contributed by atoms with Crippen LogP contribution in [0.2, 0.25) is 5.02 Å². The van der Waals surface area contributed by atoms with Gasteiger partial charge in [-0.1, -0.05) is 29.8 Å². The van der Waals surface area contributed by atoms with E-state index < -0.39 is 12.1 Å². The number of rotatable bonds is 9. The van der Waals surface area contributed by atoms with E-state index in [0.717, 1.165) is 16.2 Å². The molecule has 5 nitrogen and oxygen atoms in total. The fourth-order valence-corrected chi connectivity index (χ4v) is 4.05. The van der Waals surface area contributed by atoms with Crippen LogP contribution in [0.1, 0.15) is 28.4 Å². The maximum absolute atomic E-state index is 14.1. The van der Waals surface area contributed by atoms with Crippen LogP contribution in [-0.4, -0.2) is 30.8 Å². The Morgan fingerprint density at radius 3 is 2.59 bits per heavy atom. The van der Waals surface area contributed by atoms with Crippen LogP contribution in [0.5, 0.6) is 5.75 Å². The van der Waals surface area contributed by atoms with Gasteiger partial charge in [-0.25, -0.2) is 14.2 Å². The van der Waals surface area contributed by atoms with Crippen LogP contribution in [-0.2, 0) is 11.3 Å². The Hall–Kier alpha value is -2.77. The smallest absolute Gasteiger partial charge is 0.337 e. The summed E-state index contributed by atoms with van der Waals surface area (Å²) in [5.74, 6) is 0.134. The number of anilines is 1. The quantitative estimate of drug-likeness (QED) is 0.268. The first-order valence-corrected chi connectivity index (χ1v) is 11.1. The van der Waals surface area contributed by atoms with E-state index in [4.69, 9.17) is 21.1 Å². The second-order valence-corrected chi connectivity index (χ2v) is 8.60. The predicted octanol–water partition coefficient (Wildman–Crippen LogP) is 6.28. The van der Waals surface area contributed by atoms with Gasteiger partial charge in [0, 0.05) is 29.2 Å². The lowest BCUT2D eigenvalue weighted by molar-refractivity contribution is 0.0600. The molecule has 0 amide bonds. The van der Waals surface area contributed by atoms with Gasteiger partial charge < -0.3 is 13.8 Å². The summed E-state index contributed by atoms with van der Waals surface area (Å²) in [6, 6.07) is 16.2. The number of carbonyl (C=O) groups excluding carboxylic acids is 1. The van der Waals surface area contributed by atoms with E-state index in [1.54, 1.807) is 36.5 Å². The highest BCUT2D eigenvalue weighted by molar-refractivity contribution is 8.00. The summed E-state index contributed by atoms with van der Waals surface area (Å²) in [4.78, 5) is 16.0. The van der Waals surface area contributed by atoms with Crippen molar-refractivity contribution >= 4 is 35.2 Å². The van der Waals surface area contributed by atoms with Crippen molar-refractivity contribution in [3.8, 4) is 5.75 Å². The summed E-state index contributed by atoms with van der Waals surface area (Å²) < 4.78 is 26.7. The lowest BCUT2D eigenvalue weighted by Crippen LogP contribution is -2.23. The van der Waals surface area contributed by atoms with Crippen molar-refractivity contribution in [2.45, 2.75) is 31.7 Å². The van der Waals surface area contributed by atoms with Crippen molar-refractivity contribution in [3.63, 3.8) is 0 Å². The third-order valence-electron chi connectivity index (χ3n) is 4.54. The number of aryl methyl sites for hydroxylation is 1. The summed E-state index contributed by atoms with van der Waals surface area (Å²) in [7, 11) is 1.34. The number of carbonyl (C=O) groups is 1. The molecule has 3 aromatic rings. The van der Waals surface area contributed by atoms with E-state index in [9.17, 15) is 9.18 Å². The molecule has 8 heteroatoms. The topological polar surface area (TPSA) is 51.7 Å². The summed E-state index contributed by atoms with van der Waals surface area (Å²) >= 11 is 7.70. The van der Waals surface area contributed by atoms with Crippen LogP contribution >= 0.6 is 23.5 Å². The Labute approximate surface area is 196 Å². The monoisotopic (exact) mass is 474 g/mol. The highest BCUT2D eigenvalue weighted by atomic mass is 35.5. The number of benzene rings is 2. The largest absolute Gasteiger partial charge is 0.487 e. The Morgan fingerprint density at radius 1 is 1.22 bits per heavy atom. The highest BCUT2D eigenvalue weighted by Crippen LogP contribution is 2.39. The van der Waals surface area contributed by atoms with E-state index in [0.29, 0.717) is 22.0 Å². The fourth-order valence-electron chi connectivity index (χ4n) is 2.90. The van der Waals surface area contributed by atoms with Crippen LogP contribution in [0.15, 0.2) is 65.8 Å². The molecule has 0 bridgehead atoms. The number of hydrogen-bond donors (Lipinski definition) is 0. The lowest BCUT2D eigenvalue weighted by Gasteiger charge is -2.26. The molecule has 1 heterocycles. The zero-order valence-electron chi connectivity index (χ0n) is 18.0. The summed E-state index contributed by atoms with van der Waals surface area (Å²) in [6.45, 7) is 3.80. The molecule has 0 spiro atoms. The second kappa shape index (κ2) is 11.2. The number of halogens is 2. The maximum Gasteiger partial charge on any atom is 0.337 e. The van der Waals surface area contributed by atoms with E-state index in [1.165, 1.54) is 26.0 Å². The summed E-state index contributed by atoms with van der Waals surface area (Å²) in [5.41, 5.74) is 2.89. The fraction of sp³-hybridized carbons (Fsp3) is 0.250. The van der Waals surface area contributed by atoms with Crippen molar-refractivity contribution in [1.29, 1.82) is 0 Å². The third kappa shape index (κ3) is 6.37. The van der Waals surface area contributed by atoms with Crippen LogP contribution in [0.3, 0.4) is 0 Å². The molecule has 1 aromatic heterocycles. The Bertz CT molecular complexity index is 1050. The Morgan fingerprint density at radius 2 is 1.97 bits per heavy atom. The van der Waals surface area contributed by atoms with Crippen molar-refractivity contribution in [1.82, 2.24) is 4.98 Å². The molecule has 3 rings (SSSR count). The molecular weight excluding hydrogens is 451 g/mol. The third-order valence-corrected chi connectivity index (χ3v) is 5.94. The molecule has 2 aromatic carbocycles. The van der Waals surface area contributed by atoms with Gasteiger partial charge in [0.15, 0.2) is 0 Å².